The Labute approximate surface area is 170 Å². The van der Waals surface area contributed by atoms with Crippen molar-refractivity contribution < 1.29 is 14.4 Å². The molecule has 27 heavy (non-hydrogen) atoms. The van der Waals surface area contributed by atoms with Crippen LogP contribution >= 0.6 is 23.2 Å². The summed E-state index contributed by atoms with van der Waals surface area (Å²) in [7, 11) is 3.84. The molecule has 0 amide bonds. The molecular formula is C20H24Cl2N3O2+. The zero-order valence-corrected chi connectivity index (χ0v) is 17.1. The van der Waals surface area contributed by atoms with Gasteiger partial charge in [0, 0.05) is 15.6 Å². The van der Waals surface area contributed by atoms with E-state index < -0.39 is 0 Å². The summed E-state index contributed by atoms with van der Waals surface area (Å²) in [6.45, 7) is 4.51. The smallest absolute Gasteiger partial charge is 0.161 e. The number of halogens is 2. The molecule has 1 aliphatic heterocycles. The molecule has 1 saturated heterocycles. The Balaban J connectivity index is 1.65. The predicted molar refractivity (Wildman–Crippen MR) is 110 cm³/mol. The Morgan fingerprint density at radius 2 is 1.89 bits per heavy atom. The third-order valence-electron chi connectivity index (χ3n) is 4.55. The fourth-order valence-corrected chi connectivity index (χ4v) is 3.28. The molecule has 5 nitrogen and oxygen atoms in total. The molecule has 0 saturated carbocycles. The van der Waals surface area contributed by atoms with E-state index >= 15 is 0 Å². The first kappa shape index (κ1) is 19.8. The Kier molecular flexibility index (Phi) is 6.83. The highest BCUT2D eigenvalue weighted by molar-refractivity contribution is 6.35. The van der Waals surface area contributed by atoms with E-state index in [-0.39, 0.29) is 0 Å². The van der Waals surface area contributed by atoms with Gasteiger partial charge in [-0.3, -0.25) is 5.01 Å². The average Bonchev–Trinajstić information content (AvgIpc) is 2.67. The lowest BCUT2D eigenvalue weighted by molar-refractivity contribution is -0.884. The Morgan fingerprint density at radius 3 is 2.59 bits per heavy atom. The minimum atomic E-state index is 0.337. The molecule has 0 aliphatic carbocycles. The van der Waals surface area contributed by atoms with E-state index in [9.17, 15) is 0 Å². The summed E-state index contributed by atoms with van der Waals surface area (Å²) in [5, 5.41) is 7.86. The summed E-state index contributed by atoms with van der Waals surface area (Å²) >= 11 is 12.1. The standard InChI is InChI=1S/C20H23Cl2N3O2/c1-24-7-9-25(10-8-24)23-13-15-3-6-19(20(11-15)26-2)27-14-16-4-5-17(21)12-18(16)22/h3-6,11-13H,7-10,14H2,1-2H3/p+1/b23-13-. The van der Waals surface area contributed by atoms with Gasteiger partial charge in [-0.1, -0.05) is 29.3 Å². The van der Waals surface area contributed by atoms with Crippen LogP contribution in [0, 0.1) is 0 Å². The first-order valence-electron chi connectivity index (χ1n) is 8.90. The van der Waals surface area contributed by atoms with Crippen LogP contribution in [0.3, 0.4) is 0 Å². The normalized spacial score (nSPS) is 15.3. The number of ether oxygens (including phenoxy) is 2. The topological polar surface area (TPSA) is 38.5 Å². The van der Waals surface area contributed by atoms with Gasteiger partial charge in [-0.05, 0) is 35.9 Å². The average molecular weight is 409 g/mol. The number of piperazine rings is 1. The quantitative estimate of drug-likeness (QED) is 0.746. The van der Waals surface area contributed by atoms with Crippen molar-refractivity contribution in [2.45, 2.75) is 6.61 Å². The summed E-state index contributed by atoms with van der Waals surface area (Å²) in [5.41, 5.74) is 1.83. The number of hydrazone groups is 1. The molecule has 0 bridgehead atoms. The summed E-state index contributed by atoms with van der Waals surface area (Å²) in [4.78, 5) is 1.55. The molecule has 0 atom stereocenters. The fraction of sp³-hybridized carbons (Fsp3) is 0.350. The van der Waals surface area contributed by atoms with Gasteiger partial charge in [0.25, 0.3) is 0 Å². The second kappa shape index (κ2) is 9.31. The minimum Gasteiger partial charge on any atom is -0.493 e. The molecule has 144 valence electrons. The third kappa shape index (κ3) is 5.51. The minimum absolute atomic E-state index is 0.337. The van der Waals surface area contributed by atoms with Crippen LogP contribution in [0.25, 0.3) is 0 Å². The lowest BCUT2D eigenvalue weighted by Gasteiger charge is -2.27. The van der Waals surface area contributed by atoms with Gasteiger partial charge in [-0.15, -0.1) is 0 Å². The Morgan fingerprint density at radius 1 is 1.11 bits per heavy atom. The van der Waals surface area contributed by atoms with E-state index in [1.165, 1.54) is 0 Å². The van der Waals surface area contributed by atoms with Crippen LogP contribution in [0.2, 0.25) is 10.0 Å². The first-order valence-corrected chi connectivity index (χ1v) is 9.66. The number of methoxy groups -OCH3 is 1. The number of hydrogen-bond donors (Lipinski definition) is 1. The molecule has 1 fully saturated rings. The van der Waals surface area contributed by atoms with Crippen molar-refractivity contribution in [3.05, 3.63) is 57.6 Å². The van der Waals surface area contributed by atoms with E-state index in [0.29, 0.717) is 28.2 Å². The molecule has 2 aromatic rings. The van der Waals surface area contributed by atoms with Crippen molar-refractivity contribution in [1.82, 2.24) is 5.01 Å². The highest BCUT2D eigenvalue weighted by Gasteiger charge is 2.14. The number of rotatable bonds is 6. The van der Waals surface area contributed by atoms with E-state index in [1.807, 2.05) is 30.5 Å². The molecule has 0 unspecified atom stereocenters. The lowest BCUT2D eigenvalue weighted by Crippen LogP contribution is -3.11. The number of quaternary nitrogens is 1. The molecule has 0 aromatic heterocycles. The zero-order valence-electron chi connectivity index (χ0n) is 15.5. The van der Waals surface area contributed by atoms with Crippen LogP contribution in [0.5, 0.6) is 11.5 Å². The van der Waals surface area contributed by atoms with Crippen LogP contribution in [0.4, 0.5) is 0 Å². The van der Waals surface area contributed by atoms with Crippen LogP contribution in [-0.4, -0.2) is 51.6 Å². The van der Waals surface area contributed by atoms with Crippen molar-refractivity contribution >= 4 is 29.4 Å². The largest absolute Gasteiger partial charge is 0.493 e. The summed E-state index contributed by atoms with van der Waals surface area (Å²) < 4.78 is 11.4. The highest BCUT2D eigenvalue weighted by Crippen LogP contribution is 2.29. The van der Waals surface area contributed by atoms with Gasteiger partial charge >= 0.3 is 0 Å². The molecule has 1 N–H and O–H groups in total. The van der Waals surface area contributed by atoms with E-state index in [2.05, 4.69) is 17.2 Å². The van der Waals surface area contributed by atoms with Crippen LogP contribution in [0.1, 0.15) is 11.1 Å². The fourth-order valence-electron chi connectivity index (χ4n) is 2.82. The molecule has 1 heterocycles. The molecule has 2 aromatic carbocycles. The SMILES string of the molecule is COc1cc(/C=N\N2CC[NH+](C)CC2)ccc1OCc1ccc(Cl)cc1Cl. The summed E-state index contributed by atoms with van der Waals surface area (Å²) in [6, 6.07) is 11.1. The van der Waals surface area contributed by atoms with Crippen molar-refractivity contribution in [3.8, 4) is 11.5 Å². The van der Waals surface area contributed by atoms with Crippen molar-refractivity contribution in [3.63, 3.8) is 0 Å². The maximum Gasteiger partial charge on any atom is 0.161 e. The molecule has 0 radical (unpaired) electrons. The van der Waals surface area contributed by atoms with E-state index in [0.717, 1.165) is 37.3 Å². The second-order valence-corrected chi connectivity index (χ2v) is 7.43. The maximum atomic E-state index is 6.20. The van der Waals surface area contributed by atoms with Gasteiger partial charge < -0.3 is 14.4 Å². The van der Waals surface area contributed by atoms with Crippen LogP contribution in [-0.2, 0) is 6.61 Å². The number of likely N-dealkylation sites (N-methyl/N-ethyl adjacent to an activating group) is 1. The monoisotopic (exact) mass is 408 g/mol. The first-order chi connectivity index (χ1) is 13.0. The van der Waals surface area contributed by atoms with E-state index in [4.69, 9.17) is 32.7 Å². The van der Waals surface area contributed by atoms with Crippen LogP contribution < -0.4 is 14.4 Å². The van der Waals surface area contributed by atoms with Gasteiger partial charge in [0.05, 0.1) is 46.6 Å². The maximum absolute atomic E-state index is 6.20. The van der Waals surface area contributed by atoms with Crippen molar-refractivity contribution in [2.75, 3.05) is 40.3 Å². The Hall–Kier alpha value is -1.95. The van der Waals surface area contributed by atoms with Gasteiger partial charge in [0.2, 0.25) is 0 Å². The van der Waals surface area contributed by atoms with Crippen molar-refractivity contribution in [2.24, 2.45) is 5.10 Å². The van der Waals surface area contributed by atoms with Crippen molar-refractivity contribution in [1.29, 1.82) is 0 Å². The lowest BCUT2D eigenvalue weighted by atomic mass is 10.2. The van der Waals surface area contributed by atoms with Gasteiger partial charge in [0.15, 0.2) is 11.5 Å². The number of benzene rings is 2. The van der Waals surface area contributed by atoms with Gasteiger partial charge in [0.1, 0.15) is 6.61 Å². The molecule has 3 rings (SSSR count). The van der Waals surface area contributed by atoms with Crippen LogP contribution in [0.15, 0.2) is 41.5 Å². The third-order valence-corrected chi connectivity index (χ3v) is 5.14. The molecule has 0 spiro atoms. The zero-order chi connectivity index (χ0) is 19.2. The Bertz CT molecular complexity index is 806. The van der Waals surface area contributed by atoms with E-state index in [1.54, 1.807) is 24.1 Å². The molecule has 7 heteroatoms. The summed E-state index contributed by atoms with van der Waals surface area (Å²) in [6.07, 6.45) is 1.86. The molecular weight excluding hydrogens is 385 g/mol. The number of hydrogen-bond acceptors (Lipinski definition) is 4. The number of nitrogens with one attached hydrogen (secondary N) is 1. The van der Waals surface area contributed by atoms with Gasteiger partial charge in [-0.25, -0.2) is 0 Å². The predicted octanol–water partition coefficient (Wildman–Crippen LogP) is 2.75. The highest BCUT2D eigenvalue weighted by atomic mass is 35.5. The van der Waals surface area contributed by atoms with Gasteiger partial charge in [-0.2, -0.15) is 5.10 Å². The second-order valence-electron chi connectivity index (χ2n) is 6.59. The summed E-state index contributed by atoms with van der Waals surface area (Å²) in [5.74, 6) is 1.32. The number of nitrogens with zero attached hydrogens (tertiary/aromatic N) is 2. The molecule has 1 aliphatic rings.